The first-order valence-electron chi connectivity index (χ1n) is 9.58. The van der Waals surface area contributed by atoms with Crippen molar-refractivity contribution < 1.29 is 18.3 Å². The van der Waals surface area contributed by atoms with Gasteiger partial charge in [-0.1, -0.05) is 12.1 Å². The largest absolute Gasteiger partial charge is 0.475 e. The molecule has 1 aliphatic carbocycles. The van der Waals surface area contributed by atoms with Gasteiger partial charge < -0.3 is 10.5 Å². The maximum Gasteiger partial charge on any atom is 0.220 e. The van der Waals surface area contributed by atoms with Crippen molar-refractivity contribution in [1.29, 1.82) is 0 Å². The summed E-state index contributed by atoms with van der Waals surface area (Å²) in [5, 5.41) is 0. The average Bonchev–Trinajstić information content (AvgIpc) is 2.71. The highest BCUT2D eigenvalue weighted by Crippen LogP contribution is 2.38. The molecule has 8 heteroatoms. The van der Waals surface area contributed by atoms with Gasteiger partial charge in [0.15, 0.2) is 5.78 Å². The standard InChI is InChI=1S/C22H20F2N4O2/c1-12-21-18(28-22(25)26-12)9-13(10-19(21)29)15-6-5-14(24)11-16(15)17-3-2-4-20(27-17)30-8-7-23/h2-6,11,13H,7-10H2,1H3,(H2,25,26,28)/t13-/m1/s1/i23-1. The Bertz CT molecular complexity index is 1120. The van der Waals surface area contributed by atoms with E-state index in [4.69, 9.17) is 10.5 Å². The second kappa shape index (κ2) is 8.14. The summed E-state index contributed by atoms with van der Waals surface area (Å²) in [6.07, 6.45) is 0.725. The van der Waals surface area contributed by atoms with E-state index in [0.29, 0.717) is 34.6 Å². The SMILES string of the molecule is Cc1nc(N)nc2c1C(=O)C[C@H](c1ccc(F)cc1-c1cccc(OCC[18F])n1)C2. The van der Waals surface area contributed by atoms with Gasteiger partial charge in [0.05, 0.1) is 22.6 Å². The fourth-order valence-corrected chi connectivity index (χ4v) is 3.91. The molecular weight excluding hydrogens is 389 g/mol. The summed E-state index contributed by atoms with van der Waals surface area (Å²) >= 11 is 0. The number of benzene rings is 1. The molecule has 1 aromatic carbocycles. The molecule has 2 N–H and O–H groups in total. The number of carbonyl (C=O) groups is 1. The molecular formula is C22H20F2N4O2. The number of ether oxygens (including phenoxy) is 1. The summed E-state index contributed by atoms with van der Waals surface area (Å²) in [5.74, 6) is -0.330. The molecule has 30 heavy (non-hydrogen) atoms. The minimum absolute atomic E-state index is 0.0676. The Kier molecular flexibility index (Phi) is 5.39. The quantitative estimate of drug-likeness (QED) is 0.689. The zero-order chi connectivity index (χ0) is 21.3. The van der Waals surface area contributed by atoms with Crippen LogP contribution < -0.4 is 10.5 Å². The van der Waals surface area contributed by atoms with Gasteiger partial charge in [-0.15, -0.1) is 0 Å². The molecule has 0 radical (unpaired) electrons. The van der Waals surface area contributed by atoms with E-state index in [2.05, 4.69) is 15.0 Å². The molecule has 6 nitrogen and oxygen atoms in total. The number of halogens is 2. The molecule has 3 aromatic rings. The van der Waals surface area contributed by atoms with Gasteiger partial charge in [-0.25, -0.2) is 23.7 Å². The van der Waals surface area contributed by atoms with E-state index >= 15 is 0 Å². The third-order valence-corrected chi connectivity index (χ3v) is 5.11. The minimum Gasteiger partial charge on any atom is -0.475 e. The van der Waals surface area contributed by atoms with Gasteiger partial charge in [-0.2, -0.15) is 0 Å². The predicted molar refractivity (Wildman–Crippen MR) is 108 cm³/mol. The van der Waals surface area contributed by atoms with Crippen LogP contribution in [0, 0.1) is 12.7 Å². The highest BCUT2D eigenvalue weighted by molar-refractivity contribution is 6.00. The van der Waals surface area contributed by atoms with E-state index in [1.54, 1.807) is 31.2 Å². The number of Topliss-reactive ketones (excluding diaryl/α,β-unsaturated/α-hetero) is 1. The normalized spacial score (nSPS) is 15.7. The molecule has 0 aliphatic heterocycles. The predicted octanol–water partition coefficient (Wildman–Crippen LogP) is 3.83. The summed E-state index contributed by atoms with van der Waals surface area (Å²) in [4.78, 5) is 25.6. The van der Waals surface area contributed by atoms with Crippen molar-refractivity contribution in [2.45, 2.75) is 25.7 Å². The molecule has 0 amide bonds. The lowest BCUT2D eigenvalue weighted by Gasteiger charge is -2.26. The number of rotatable bonds is 5. The molecule has 2 aromatic heterocycles. The number of nitrogens with zero attached hydrogens (tertiary/aromatic N) is 3. The van der Waals surface area contributed by atoms with Gasteiger partial charge in [0.1, 0.15) is 19.1 Å². The molecule has 0 fully saturated rings. The zero-order valence-corrected chi connectivity index (χ0v) is 16.4. The van der Waals surface area contributed by atoms with Crippen LogP contribution in [0.15, 0.2) is 36.4 Å². The lowest BCUT2D eigenvalue weighted by molar-refractivity contribution is 0.0962. The number of nitrogen functional groups attached to an aromatic ring is 1. The molecule has 0 unspecified atom stereocenters. The number of ketones is 1. The monoisotopic (exact) mass is 409 g/mol. The Hall–Kier alpha value is -3.42. The maximum absolute atomic E-state index is 14.1. The number of carbonyl (C=O) groups excluding carboxylic acids is 1. The van der Waals surface area contributed by atoms with Crippen molar-refractivity contribution in [3.05, 3.63) is 64.7 Å². The van der Waals surface area contributed by atoms with E-state index in [-0.39, 0.29) is 36.6 Å². The average molecular weight is 409 g/mol. The molecule has 4 rings (SSSR count). The van der Waals surface area contributed by atoms with Crippen LogP contribution in [0.4, 0.5) is 14.7 Å². The molecule has 0 spiro atoms. The molecule has 154 valence electrons. The van der Waals surface area contributed by atoms with Crippen LogP contribution in [-0.4, -0.2) is 34.0 Å². The highest BCUT2D eigenvalue weighted by atomic mass is 19.1. The van der Waals surface area contributed by atoms with Crippen LogP contribution in [0.25, 0.3) is 11.3 Å². The summed E-state index contributed by atoms with van der Waals surface area (Å²) < 4.78 is 31.8. The summed E-state index contributed by atoms with van der Waals surface area (Å²) in [7, 11) is 0. The Morgan fingerprint density at radius 2 is 2.00 bits per heavy atom. The molecule has 0 bridgehead atoms. The fraction of sp³-hybridized carbons (Fsp3) is 0.273. The van der Waals surface area contributed by atoms with Crippen molar-refractivity contribution in [2.24, 2.45) is 0 Å². The second-order valence-electron chi connectivity index (χ2n) is 7.15. The number of nitrogens with two attached hydrogens (primary N) is 1. The molecule has 1 atom stereocenters. The number of aromatic nitrogens is 3. The lowest BCUT2D eigenvalue weighted by atomic mass is 9.79. The van der Waals surface area contributed by atoms with Crippen LogP contribution in [0.5, 0.6) is 5.88 Å². The third-order valence-electron chi connectivity index (χ3n) is 5.11. The minimum atomic E-state index is -0.634. The summed E-state index contributed by atoms with van der Waals surface area (Å²) in [6.45, 7) is 0.997. The van der Waals surface area contributed by atoms with E-state index < -0.39 is 12.5 Å². The zero-order valence-electron chi connectivity index (χ0n) is 16.4. The van der Waals surface area contributed by atoms with Crippen molar-refractivity contribution in [3.63, 3.8) is 0 Å². The first kappa shape index (κ1) is 19.9. The van der Waals surface area contributed by atoms with E-state index in [0.717, 1.165) is 5.56 Å². The van der Waals surface area contributed by atoms with E-state index in [1.807, 2.05) is 0 Å². The van der Waals surface area contributed by atoms with Gasteiger partial charge in [-0.05, 0) is 43.0 Å². The number of aryl methyl sites for hydroxylation is 1. The first-order valence-corrected chi connectivity index (χ1v) is 9.58. The first-order chi connectivity index (χ1) is 14.5. The number of fused-ring (bicyclic) bond motifs is 1. The van der Waals surface area contributed by atoms with Crippen molar-refractivity contribution >= 4 is 11.7 Å². The molecule has 1 aliphatic rings. The van der Waals surface area contributed by atoms with E-state index in [9.17, 15) is 13.6 Å². The van der Waals surface area contributed by atoms with Gasteiger partial charge in [0.2, 0.25) is 11.8 Å². The number of hydrogen-bond donors (Lipinski definition) is 1. The number of hydrogen-bond acceptors (Lipinski definition) is 6. The van der Waals surface area contributed by atoms with Gasteiger partial charge >= 0.3 is 0 Å². The van der Waals surface area contributed by atoms with Crippen LogP contribution in [-0.2, 0) is 6.42 Å². The third kappa shape index (κ3) is 3.85. The number of anilines is 1. The topological polar surface area (TPSA) is 91.0 Å². The van der Waals surface area contributed by atoms with Crippen molar-refractivity contribution in [3.8, 4) is 17.1 Å². The van der Waals surface area contributed by atoms with Crippen LogP contribution >= 0.6 is 0 Å². The number of alkyl halides is 1. The Balaban J connectivity index is 1.75. The van der Waals surface area contributed by atoms with Gasteiger partial charge in [0, 0.05) is 18.1 Å². The van der Waals surface area contributed by atoms with E-state index in [1.165, 1.54) is 12.1 Å². The molecule has 2 heterocycles. The van der Waals surface area contributed by atoms with Crippen molar-refractivity contribution in [2.75, 3.05) is 19.0 Å². The molecule has 0 saturated carbocycles. The fourth-order valence-electron chi connectivity index (χ4n) is 3.91. The Labute approximate surface area is 172 Å². The second-order valence-corrected chi connectivity index (χ2v) is 7.15. The highest BCUT2D eigenvalue weighted by Gasteiger charge is 2.31. The van der Waals surface area contributed by atoms with Crippen LogP contribution in [0.3, 0.4) is 0 Å². The Morgan fingerprint density at radius 1 is 1.17 bits per heavy atom. The lowest BCUT2D eigenvalue weighted by Crippen LogP contribution is -2.23. The summed E-state index contributed by atoms with van der Waals surface area (Å²) in [6, 6.07) is 9.47. The molecule has 0 saturated heterocycles. The summed E-state index contributed by atoms with van der Waals surface area (Å²) in [5.41, 5.74) is 9.28. The van der Waals surface area contributed by atoms with Crippen LogP contribution in [0.1, 0.15) is 39.6 Å². The number of pyridine rings is 1. The van der Waals surface area contributed by atoms with Crippen LogP contribution in [0.2, 0.25) is 0 Å². The van der Waals surface area contributed by atoms with Gasteiger partial charge in [-0.3, -0.25) is 4.79 Å². The smallest absolute Gasteiger partial charge is 0.220 e. The van der Waals surface area contributed by atoms with Crippen molar-refractivity contribution in [1.82, 2.24) is 15.0 Å². The Morgan fingerprint density at radius 3 is 2.80 bits per heavy atom. The maximum atomic E-state index is 14.1. The van der Waals surface area contributed by atoms with Gasteiger partial charge in [0.25, 0.3) is 0 Å².